The van der Waals surface area contributed by atoms with Crippen molar-refractivity contribution in [2.24, 2.45) is 0 Å². The fourth-order valence-electron chi connectivity index (χ4n) is 2.91. The zero-order chi connectivity index (χ0) is 17.9. The lowest BCUT2D eigenvalue weighted by Crippen LogP contribution is -2.36. The molecule has 1 aromatic carbocycles. The third-order valence-corrected chi connectivity index (χ3v) is 4.34. The molecule has 1 saturated heterocycles. The summed E-state index contributed by atoms with van der Waals surface area (Å²) in [7, 11) is 0. The summed E-state index contributed by atoms with van der Waals surface area (Å²) in [4.78, 5) is 14.7. The van der Waals surface area contributed by atoms with E-state index in [-0.39, 0.29) is 11.6 Å². The van der Waals surface area contributed by atoms with Gasteiger partial charge in [-0.15, -0.1) is 0 Å². The third kappa shape index (κ3) is 3.34. The Hall–Kier alpha value is -3.06. The second-order valence-electron chi connectivity index (χ2n) is 6.11. The maximum Gasteiger partial charge on any atom is 0.277 e. The first kappa shape index (κ1) is 16.4. The summed E-state index contributed by atoms with van der Waals surface area (Å²) in [6.07, 6.45) is 1.54. The Morgan fingerprint density at radius 3 is 2.73 bits per heavy atom. The Bertz CT molecular complexity index is 895. The van der Waals surface area contributed by atoms with E-state index in [4.69, 9.17) is 13.7 Å². The van der Waals surface area contributed by atoms with Gasteiger partial charge >= 0.3 is 0 Å². The molecule has 134 valence electrons. The first-order chi connectivity index (χ1) is 12.7. The fourth-order valence-corrected chi connectivity index (χ4v) is 2.91. The van der Waals surface area contributed by atoms with E-state index in [1.54, 1.807) is 18.2 Å². The highest BCUT2D eigenvalue weighted by molar-refractivity contribution is 6.03. The zero-order valence-corrected chi connectivity index (χ0v) is 14.4. The average Bonchev–Trinajstić information content (AvgIpc) is 3.35. The molecule has 7 nitrogen and oxygen atoms in total. The van der Waals surface area contributed by atoms with Crippen molar-refractivity contribution in [3.8, 4) is 11.5 Å². The van der Waals surface area contributed by atoms with E-state index in [1.807, 2.05) is 19.1 Å². The van der Waals surface area contributed by atoms with E-state index >= 15 is 0 Å². The van der Waals surface area contributed by atoms with Gasteiger partial charge in [-0.25, -0.2) is 0 Å². The number of ether oxygens (including phenoxy) is 1. The highest BCUT2D eigenvalue weighted by Gasteiger charge is 2.17. The summed E-state index contributed by atoms with van der Waals surface area (Å²) in [5.41, 5.74) is 3.06. The van der Waals surface area contributed by atoms with Crippen LogP contribution in [-0.4, -0.2) is 37.4 Å². The van der Waals surface area contributed by atoms with E-state index in [9.17, 15) is 4.79 Å². The lowest BCUT2D eigenvalue weighted by Gasteiger charge is -2.29. The van der Waals surface area contributed by atoms with Crippen molar-refractivity contribution in [1.29, 1.82) is 0 Å². The minimum absolute atomic E-state index is 0.202. The lowest BCUT2D eigenvalue weighted by molar-refractivity contribution is 0.101. The molecular weight excluding hydrogens is 334 g/mol. The molecule has 4 rings (SSSR count). The molecule has 0 spiro atoms. The van der Waals surface area contributed by atoms with Gasteiger partial charge in [0.2, 0.25) is 5.76 Å². The van der Waals surface area contributed by atoms with E-state index in [1.165, 1.54) is 6.26 Å². The number of furan rings is 1. The maximum atomic E-state index is 12.4. The van der Waals surface area contributed by atoms with Crippen LogP contribution < -0.4 is 10.2 Å². The molecule has 1 N–H and O–H groups in total. The van der Waals surface area contributed by atoms with Crippen LogP contribution in [0.25, 0.3) is 11.5 Å². The molecule has 0 unspecified atom stereocenters. The molecule has 0 radical (unpaired) electrons. The number of morpholine rings is 1. The Kier molecular flexibility index (Phi) is 4.45. The van der Waals surface area contributed by atoms with Gasteiger partial charge in [0, 0.05) is 30.5 Å². The molecule has 0 saturated carbocycles. The van der Waals surface area contributed by atoms with Crippen molar-refractivity contribution >= 4 is 17.3 Å². The number of aryl methyl sites for hydroxylation is 1. The van der Waals surface area contributed by atoms with Gasteiger partial charge < -0.3 is 23.9 Å². The van der Waals surface area contributed by atoms with Crippen molar-refractivity contribution in [2.45, 2.75) is 6.92 Å². The van der Waals surface area contributed by atoms with Crippen molar-refractivity contribution in [2.75, 3.05) is 36.5 Å². The van der Waals surface area contributed by atoms with Crippen LogP contribution in [0.5, 0.6) is 0 Å². The molecule has 1 aliphatic heterocycles. The van der Waals surface area contributed by atoms with Gasteiger partial charge in [0.15, 0.2) is 11.5 Å². The topological polar surface area (TPSA) is 80.7 Å². The quantitative estimate of drug-likeness (QED) is 0.775. The van der Waals surface area contributed by atoms with E-state index < -0.39 is 0 Å². The summed E-state index contributed by atoms with van der Waals surface area (Å²) in [6.45, 7) is 5.19. The smallest absolute Gasteiger partial charge is 0.277 e. The van der Waals surface area contributed by atoms with Crippen LogP contribution in [0, 0.1) is 6.92 Å². The SMILES string of the molecule is Cc1cc(N2CCOCC2)ccc1NC(=O)c1cc(-c2ccco2)on1. The molecule has 26 heavy (non-hydrogen) atoms. The number of nitrogens with one attached hydrogen (secondary N) is 1. The van der Waals surface area contributed by atoms with Crippen molar-refractivity contribution in [3.63, 3.8) is 0 Å². The van der Waals surface area contributed by atoms with Gasteiger partial charge in [-0.3, -0.25) is 4.79 Å². The molecule has 1 aliphatic rings. The summed E-state index contributed by atoms with van der Waals surface area (Å²) < 4.78 is 15.8. The Labute approximate surface area is 150 Å². The van der Waals surface area contributed by atoms with Crippen molar-refractivity contribution < 1.29 is 18.5 Å². The van der Waals surface area contributed by atoms with Crippen LogP contribution >= 0.6 is 0 Å². The van der Waals surface area contributed by atoms with Gasteiger partial charge in [0.1, 0.15) is 0 Å². The first-order valence-electron chi connectivity index (χ1n) is 8.46. The molecule has 1 amide bonds. The Morgan fingerprint density at radius 1 is 1.15 bits per heavy atom. The third-order valence-electron chi connectivity index (χ3n) is 4.34. The predicted octanol–water partition coefficient (Wildman–Crippen LogP) is 3.33. The summed E-state index contributed by atoms with van der Waals surface area (Å²) in [5, 5.41) is 6.70. The minimum atomic E-state index is -0.325. The zero-order valence-electron chi connectivity index (χ0n) is 14.4. The summed E-state index contributed by atoms with van der Waals surface area (Å²) in [5.74, 6) is 0.621. The van der Waals surface area contributed by atoms with Crippen LogP contribution in [0.15, 0.2) is 51.6 Å². The van der Waals surface area contributed by atoms with Crippen molar-refractivity contribution in [1.82, 2.24) is 5.16 Å². The summed E-state index contributed by atoms with van der Waals surface area (Å²) in [6, 6.07) is 11.0. The van der Waals surface area contributed by atoms with Gasteiger partial charge in [-0.05, 0) is 42.8 Å². The summed E-state index contributed by atoms with van der Waals surface area (Å²) >= 11 is 0. The molecule has 2 aromatic heterocycles. The second-order valence-corrected chi connectivity index (χ2v) is 6.11. The maximum absolute atomic E-state index is 12.4. The molecule has 7 heteroatoms. The van der Waals surface area contributed by atoms with Gasteiger partial charge in [0.25, 0.3) is 5.91 Å². The molecule has 3 aromatic rings. The van der Waals surface area contributed by atoms with Crippen LogP contribution in [0.4, 0.5) is 11.4 Å². The molecular formula is C19H19N3O4. The highest BCUT2D eigenvalue weighted by Crippen LogP contribution is 2.25. The molecule has 1 fully saturated rings. The number of carbonyl (C=O) groups excluding carboxylic acids is 1. The second kappa shape index (κ2) is 7.05. The number of rotatable bonds is 4. The molecule has 0 atom stereocenters. The number of hydrogen-bond donors (Lipinski definition) is 1. The average molecular weight is 353 g/mol. The van der Waals surface area contributed by atoms with Gasteiger partial charge in [-0.2, -0.15) is 0 Å². The van der Waals surface area contributed by atoms with Crippen LogP contribution in [0.1, 0.15) is 16.1 Å². The normalized spacial score (nSPS) is 14.4. The van der Waals surface area contributed by atoms with Gasteiger partial charge in [-0.1, -0.05) is 5.16 Å². The Morgan fingerprint density at radius 2 is 2.00 bits per heavy atom. The van der Waals surface area contributed by atoms with Crippen LogP contribution in [0.3, 0.4) is 0 Å². The molecule has 0 aliphatic carbocycles. The number of hydrogen-bond acceptors (Lipinski definition) is 6. The van der Waals surface area contributed by atoms with Crippen LogP contribution in [-0.2, 0) is 4.74 Å². The highest BCUT2D eigenvalue weighted by atomic mass is 16.5. The fraction of sp³-hybridized carbons (Fsp3) is 0.263. The largest absolute Gasteiger partial charge is 0.461 e. The van der Waals surface area contributed by atoms with E-state index in [2.05, 4.69) is 21.4 Å². The number of anilines is 2. The standard InChI is InChI=1S/C19H19N3O4/c1-13-11-14(22-6-9-24-10-7-22)4-5-15(13)20-19(23)16-12-18(26-21-16)17-3-2-8-25-17/h2-5,8,11-12H,6-7,9-10H2,1H3,(H,20,23). The van der Waals surface area contributed by atoms with E-state index in [0.717, 1.165) is 43.2 Å². The minimum Gasteiger partial charge on any atom is -0.461 e. The molecule has 3 heterocycles. The number of nitrogens with zero attached hydrogens (tertiary/aromatic N) is 2. The number of amides is 1. The van der Waals surface area contributed by atoms with Gasteiger partial charge in [0.05, 0.1) is 19.5 Å². The predicted molar refractivity (Wildman–Crippen MR) is 96.4 cm³/mol. The van der Waals surface area contributed by atoms with Crippen molar-refractivity contribution in [3.05, 3.63) is 53.9 Å². The first-order valence-corrected chi connectivity index (χ1v) is 8.46. The number of aromatic nitrogens is 1. The Balaban J connectivity index is 1.47. The lowest BCUT2D eigenvalue weighted by atomic mass is 10.1. The molecule has 0 bridgehead atoms. The van der Waals surface area contributed by atoms with Crippen LogP contribution in [0.2, 0.25) is 0 Å². The monoisotopic (exact) mass is 353 g/mol. The number of benzene rings is 1. The number of carbonyl (C=O) groups is 1. The van der Waals surface area contributed by atoms with E-state index in [0.29, 0.717) is 11.5 Å².